The molecule has 0 spiro atoms. The SMILES string of the molecule is CC[C@@H](C)NC(=O)[C@@H](C)N(Cc1ccccc1C)C(=O)CN(c1cc(Cl)cc(Cl)c1)S(C)(=O)=O. The van der Waals surface area contributed by atoms with Gasteiger partial charge in [0, 0.05) is 22.6 Å². The van der Waals surface area contributed by atoms with E-state index in [-0.39, 0.29) is 34.2 Å². The fourth-order valence-electron chi connectivity index (χ4n) is 3.32. The number of halogens is 2. The van der Waals surface area contributed by atoms with Crippen molar-refractivity contribution in [1.29, 1.82) is 0 Å². The summed E-state index contributed by atoms with van der Waals surface area (Å²) in [4.78, 5) is 27.8. The smallest absolute Gasteiger partial charge is 0.244 e. The minimum absolute atomic E-state index is 0.0634. The maximum Gasteiger partial charge on any atom is 0.244 e. The number of carbonyl (C=O) groups excluding carboxylic acids is 2. The lowest BCUT2D eigenvalue weighted by atomic mass is 10.1. The van der Waals surface area contributed by atoms with Gasteiger partial charge in [-0.15, -0.1) is 0 Å². The maximum atomic E-state index is 13.5. The number of anilines is 1. The molecule has 0 aliphatic carbocycles. The average molecular weight is 529 g/mol. The van der Waals surface area contributed by atoms with Gasteiger partial charge in [0.2, 0.25) is 21.8 Å². The molecule has 2 aromatic carbocycles. The number of amides is 2. The summed E-state index contributed by atoms with van der Waals surface area (Å²) in [5, 5.41) is 3.37. The predicted molar refractivity (Wildman–Crippen MR) is 138 cm³/mol. The second-order valence-corrected chi connectivity index (χ2v) is 11.1. The Bertz CT molecular complexity index is 1120. The molecule has 1 N–H and O–H groups in total. The number of nitrogens with zero attached hydrogens (tertiary/aromatic N) is 2. The van der Waals surface area contributed by atoms with Crippen LogP contribution in [0.15, 0.2) is 42.5 Å². The van der Waals surface area contributed by atoms with Crippen LogP contribution < -0.4 is 9.62 Å². The third-order valence-corrected chi connectivity index (χ3v) is 7.16. The minimum atomic E-state index is -3.86. The summed E-state index contributed by atoms with van der Waals surface area (Å²) in [6, 6.07) is 11.0. The monoisotopic (exact) mass is 527 g/mol. The summed E-state index contributed by atoms with van der Waals surface area (Å²) in [5.41, 5.74) is 1.98. The van der Waals surface area contributed by atoms with Crippen molar-refractivity contribution >= 4 is 50.7 Å². The van der Waals surface area contributed by atoms with Crippen molar-refractivity contribution in [2.24, 2.45) is 0 Å². The quantitative estimate of drug-likeness (QED) is 0.495. The Balaban J connectivity index is 2.43. The van der Waals surface area contributed by atoms with E-state index >= 15 is 0 Å². The van der Waals surface area contributed by atoms with Crippen molar-refractivity contribution in [3.63, 3.8) is 0 Å². The van der Waals surface area contributed by atoms with Gasteiger partial charge in [0.1, 0.15) is 12.6 Å². The molecular formula is C24H31Cl2N3O4S. The van der Waals surface area contributed by atoms with Crippen LogP contribution in [-0.4, -0.2) is 50.0 Å². The zero-order valence-electron chi connectivity index (χ0n) is 20.0. The summed E-state index contributed by atoms with van der Waals surface area (Å²) in [6.45, 7) is 7.02. The van der Waals surface area contributed by atoms with Crippen LogP contribution >= 0.6 is 23.2 Å². The number of sulfonamides is 1. The molecule has 0 saturated heterocycles. The molecule has 10 heteroatoms. The highest BCUT2D eigenvalue weighted by atomic mass is 35.5. The van der Waals surface area contributed by atoms with Gasteiger partial charge in [-0.3, -0.25) is 13.9 Å². The molecule has 0 heterocycles. The highest BCUT2D eigenvalue weighted by Gasteiger charge is 2.30. The van der Waals surface area contributed by atoms with Crippen molar-refractivity contribution in [2.75, 3.05) is 17.1 Å². The topological polar surface area (TPSA) is 86.8 Å². The highest BCUT2D eigenvalue weighted by Crippen LogP contribution is 2.27. The molecule has 2 amide bonds. The van der Waals surface area contributed by atoms with Crippen molar-refractivity contribution in [3.05, 3.63) is 63.6 Å². The summed E-state index contributed by atoms with van der Waals surface area (Å²) < 4.78 is 26.1. The first kappa shape index (κ1) is 28.0. The molecule has 186 valence electrons. The number of carbonyl (C=O) groups is 2. The molecule has 0 fully saturated rings. The van der Waals surface area contributed by atoms with E-state index in [4.69, 9.17) is 23.2 Å². The van der Waals surface area contributed by atoms with Crippen LogP contribution in [0.2, 0.25) is 10.0 Å². The number of aryl methyl sites for hydroxylation is 1. The first-order chi connectivity index (χ1) is 15.8. The molecule has 0 aliphatic heterocycles. The molecule has 34 heavy (non-hydrogen) atoms. The van der Waals surface area contributed by atoms with Crippen LogP contribution in [0.25, 0.3) is 0 Å². The number of hydrogen-bond donors (Lipinski definition) is 1. The van der Waals surface area contributed by atoms with Crippen molar-refractivity contribution in [1.82, 2.24) is 10.2 Å². The Morgan fingerprint density at radius 2 is 1.65 bits per heavy atom. The van der Waals surface area contributed by atoms with Gasteiger partial charge >= 0.3 is 0 Å². The summed E-state index contributed by atoms with van der Waals surface area (Å²) in [6.07, 6.45) is 1.74. The molecule has 2 atom stereocenters. The number of nitrogens with one attached hydrogen (secondary N) is 1. The molecule has 0 aliphatic rings. The van der Waals surface area contributed by atoms with E-state index in [1.54, 1.807) is 6.92 Å². The van der Waals surface area contributed by atoms with Crippen LogP contribution in [0.3, 0.4) is 0 Å². The van der Waals surface area contributed by atoms with E-state index in [2.05, 4.69) is 5.32 Å². The second kappa shape index (κ2) is 11.9. The van der Waals surface area contributed by atoms with Gasteiger partial charge in [0.25, 0.3) is 0 Å². The van der Waals surface area contributed by atoms with Gasteiger partial charge in [-0.25, -0.2) is 8.42 Å². The van der Waals surface area contributed by atoms with Crippen LogP contribution in [0, 0.1) is 6.92 Å². The molecular weight excluding hydrogens is 497 g/mol. The van der Waals surface area contributed by atoms with Gasteiger partial charge in [0.15, 0.2) is 0 Å². The van der Waals surface area contributed by atoms with E-state index in [0.717, 1.165) is 28.1 Å². The van der Waals surface area contributed by atoms with Crippen LogP contribution in [0.4, 0.5) is 5.69 Å². The Morgan fingerprint density at radius 1 is 1.06 bits per heavy atom. The molecule has 2 aromatic rings. The van der Waals surface area contributed by atoms with Gasteiger partial charge in [-0.1, -0.05) is 54.4 Å². The number of benzene rings is 2. The maximum absolute atomic E-state index is 13.5. The lowest BCUT2D eigenvalue weighted by Gasteiger charge is -2.32. The second-order valence-electron chi connectivity index (χ2n) is 8.34. The van der Waals surface area contributed by atoms with Gasteiger partial charge in [0.05, 0.1) is 11.9 Å². The summed E-state index contributed by atoms with van der Waals surface area (Å²) in [7, 11) is -3.86. The van der Waals surface area contributed by atoms with E-state index < -0.39 is 28.5 Å². The number of hydrogen-bond acceptors (Lipinski definition) is 4. The fraction of sp³-hybridized carbons (Fsp3) is 0.417. The summed E-state index contributed by atoms with van der Waals surface area (Å²) >= 11 is 12.1. The van der Waals surface area contributed by atoms with Crippen LogP contribution in [0.5, 0.6) is 0 Å². The molecule has 0 unspecified atom stereocenters. The zero-order valence-corrected chi connectivity index (χ0v) is 22.3. The predicted octanol–water partition coefficient (Wildman–Crippen LogP) is 4.40. The highest BCUT2D eigenvalue weighted by molar-refractivity contribution is 7.92. The van der Waals surface area contributed by atoms with E-state index in [1.165, 1.54) is 23.1 Å². The zero-order chi connectivity index (χ0) is 25.6. The fourth-order valence-corrected chi connectivity index (χ4v) is 4.66. The van der Waals surface area contributed by atoms with Crippen LogP contribution in [0.1, 0.15) is 38.3 Å². The third-order valence-electron chi connectivity index (χ3n) is 5.58. The van der Waals surface area contributed by atoms with Gasteiger partial charge in [-0.05, 0) is 56.5 Å². The van der Waals surface area contributed by atoms with Crippen molar-refractivity contribution in [3.8, 4) is 0 Å². The van der Waals surface area contributed by atoms with E-state index in [0.29, 0.717) is 0 Å². The van der Waals surface area contributed by atoms with Gasteiger partial charge < -0.3 is 10.2 Å². The van der Waals surface area contributed by atoms with E-state index in [9.17, 15) is 18.0 Å². The standard InChI is InChI=1S/C24H31Cl2N3O4S/c1-6-17(3)27-24(31)18(4)28(14-19-10-8-7-9-16(19)2)23(30)15-29(34(5,32)33)22-12-20(25)11-21(26)13-22/h7-13,17-18H,6,14-15H2,1-5H3,(H,27,31)/t17-,18-/m1/s1. The average Bonchev–Trinajstić information content (AvgIpc) is 2.74. The Labute approximate surface area is 212 Å². The molecule has 0 bridgehead atoms. The Hall–Kier alpha value is -2.29. The Morgan fingerprint density at radius 3 is 2.18 bits per heavy atom. The molecule has 0 aromatic heterocycles. The lowest BCUT2D eigenvalue weighted by molar-refractivity contribution is -0.139. The van der Waals surface area contributed by atoms with Crippen molar-refractivity contribution < 1.29 is 18.0 Å². The van der Waals surface area contributed by atoms with Gasteiger partial charge in [-0.2, -0.15) is 0 Å². The molecule has 0 radical (unpaired) electrons. The number of rotatable bonds is 10. The summed E-state index contributed by atoms with van der Waals surface area (Å²) in [5.74, 6) is -0.843. The largest absolute Gasteiger partial charge is 0.352 e. The Kier molecular flexibility index (Phi) is 9.79. The normalized spacial score (nSPS) is 13.1. The molecule has 0 saturated carbocycles. The van der Waals surface area contributed by atoms with E-state index in [1.807, 2.05) is 45.0 Å². The first-order valence-electron chi connectivity index (χ1n) is 10.9. The minimum Gasteiger partial charge on any atom is -0.352 e. The van der Waals surface area contributed by atoms with Crippen LogP contribution in [-0.2, 0) is 26.2 Å². The first-order valence-corrected chi connectivity index (χ1v) is 13.5. The third kappa shape index (κ3) is 7.61. The van der Waals surface area contributed by atoms with Crippen molar-refractivity contribution in [2.45, 2.75) is 52.7 Å². The molecule has 2 rings (SSSR count). The molecule has 7 nitrogen and oxygen atoms in total. The lowest BCUT2D eigenvalue weighted by Crippen LogP contribution is -2.52.